The van der Waals surface area contributed by atoms with Crippen LogP contribution >= 0.6 is 0 Å². The van der Waals surface area contributed by atoms with E-state index in [0.717, 1.165) is 56.5 Å². The van der Waals surface area contributed by atoms with Gasteiger partial charge >= 0.3 is 0 Å². The topological polar surface area (TPSA) is 78.1 Å². The van der Waals surface area contributed by atoms with E-state index in [-0.39, 0.29) is 5.41 Å². The molecule has 3 heteroatoms. The molecule has 0 aliphatic carbocycles. The molecule has 3 nitrogen and oxygen atoms in total. The lowest BCUT2D eigenvalue weighted by Gasteiger charge is -2.35. The maximum Gasteiger partial charge on any atom is 0.0520 e. The number of rotatable bonds is 39. The van der Waals surface area contributed by atoms with E-state index >= 15 is 0 Å². The zero-order chi connectivity index (χ0) is 35.9. The molecule has 49 heavy (non-hydrogen) atoms. The predicted octanol–water partition coefficient (Wildman–Crippen LogP) is 14.9. The van der Waals surface area contributed by atoms with Crippen molar-refractivity contribution in [2.75, 3.05) is 6.54 Å². The van der Waals surface area contributed by atoms with Gasteiger partial charge in [0.1, 0.15) is 0 Å². The average Bonchev–Trinajstić information content (AvgIpc) is 3.11. The minimum absolute atomic E-state index is 0.242. The van der Waals surface area contributed by atoms with E-state index in [9.17, 15) is 0 Å². The van der Waals surface area contributed by atoms with Crippen LogP contribution in [0.4, 0.5) is 0 Å². The Morgan fingerprint density at radius 3 is 1.10 bits per heavy atom. The minimum atomic E-state index is -0.242. The minimum Gasteiger partial charge on any atom is -0.402 e. The van der Waals surface area contributed by atoms with Crippen molar-refractivity contribution in [1.29, 1.82) is 0 Å². The fraction of sp³-hybridized carbons (Fsp3) is 0.870. The number of hydrogen-bond acceptors (Lipinski definition) is 3. The molecular formula is C46H91N3. The summed E-state index contributed by atoms with van der Waals surface area (Å²) in [7, 11) is 0. The Morgan fingerprint density at radius 1 is 0.388 bits per heavy atom. The summed E-state index contributed by atoms with van der Waals surface area (Å²) >= 11 is 0. The van der Waals surface area contributed by atoms with Gasteiger partial charge in [0, 0.05) is 11.4 Å². The molecule has 290 valence electrons. The van der Waals surface area contributed by atoms with Crippen LogP contribution in [0.15, 0.2) is 35.7 Å². The van der Waals surface area contributed by atoms with E-state index in [2.05, 4.69) is 45.1 Å². The Hall–Kier alpha value is -1.22. The Morgan fingerprint density at radius 2 is 0.714 bits per heavy atom. The van der Waals surface area contributed by atoms with E-state index < -0.39 is 0 Å². The van der Waals surface area contributed by atoms with Gasteiger partial charge < -0.3 is 17.2 Å². The molecule has 0 saturated heterocycles. The second-order valence-corrected chi connectivity index (χ2v) is 15.5. The molecule has 0 aromatic heterocycles. The molecular weight excluding hydrogens is 595 g/mol. The van der Waals surface area contributed by atoms with Crippen LogP contribution in [-0.4, -0.2) is 6.54 Å². The van der Waals surface area contributed by atoms with Gasteiger partial charge in [-0.3, -0.25) is 0 Å². The quantitative estimate of drug-likeness (QED) is 0.0445. The maximum atomic E-state index is 7.16. The van der Waals surface area contributed by atoms with Crippen LogP contribution in [0.2, 0.25) is 0 Å². The van der Waals surface area contributed by atoms with Gasteiger partial charge in [-0.15, -0.1) is 0 Å². The average molecular weight is 686 g/mol. The van der Waals surface area contributed by atoms with Gasteiger partial charge in [0.15, 0.2) is 0 Å². The summed E-state index contributed by atoms with van der Waals surface area (Å²) in [6.07, 6.45) is 55.0. The van der Waals surface area contributed by atoms with Crippen molar-refractivity contribution in [3.63, 3.8) is 0 Å². The van der Waals surface area contributed by atoms with Crippen molar-refractivity contribution >= 4 is 0 Å². The van der Waals surface area contributed by atoms with Crippen LogP contribution in [0.3, 0.4) is 0 Å². The first-order chi connectivity index (χ1) is 24.1. The summed E-state index contributed by atoms with van der Waals surface area (Å²) in [6, 6.07) is 0. The third-order valence-electron chi connectivity index (χ3n) is 10.9. The molecule has 0 rings (SSSR count). The Labute approximate surface area is 309 Å². The van der Waals surface area contributed by atoms with Crippen LogP contribution in [0, 0.1) is 5.41 Å². The van der Waals surface area contributed by atoms with Crippen LogP contribution in [0.5, 0.6) is 0 Å². The van der Waals surface area contributed by atoms with Crippen LogP contribution in [0.25, 0.3) is 0 Å². The molecule has 0 amide bonds. The second-order valence-electron chi connectivity index (χ2n) is 15.5. The van der Waals surface area contributed by atoms with Crippen molar-refractivity contribution < 1.29 is 0 Å². The molecule has 0 aliphatic rings. The van der Waals surface area contributed by atoms with Crippen LogP contribution in [0.1, 0.15) is 245 Å². The molecule has 0 aliphatic heterocycles. The summed E-state index contributed by atoms with van der Waals surface area (Å²) in [6.45, 7) is 7.70. The Balaban J connectivity index is 5.33. The van der Waals surface area contributed by atoms with E-state index in [1.807, 2.05) is 0 Å². The monoisotopic (exact) mass is 686 g/mol. The van der Waals surface area contributed by atoms with Crippen LogP contribution < -0.4 is 17.2 Å². The molecule has 0 radical (unpaired) electrons. The van der Waals surface area contributed by atoms with Gasteiger partial charge in [0.05, 0.1) is 5.41 Å². The predicted molar refractivity (Wildman–Crippen MR) is 224 cm³/mol. The molecule has 1 atom stereocenters. The number of hydrogen-bond donors (Lipinski definition) is 3. The molecule has 0 aromatic carbocycles. The largest absolute Gasteiger partial charge is 0.402 e. The molecule has 0 bridgehead atoms. The summed E-state index contributed by atoms with van der Waals surface area (Å²) in [5, 5.41) is 0. The summed E-state index contributed by atoms with van der Waals surface area (Å²) in [4.78, 5) is 0. The number of unbranched alkanes of at least 4 members (excludes halogenated alkanes) is 29. The molecule has 0 spiro atoms. The summed E-state index contributed by atoms with van der Waals surface area (Å²) in [5.41, 5.74) is 21.9. The first kappa shape index (κ1) is 47.8. The first-order valence-electron chi connectivity index (χ1n) is 22.4. The molecule has 0 heterocycles. The fourth-order valence-electron chi connectivity index (χ4n) is 7.33. The van der Waals surface area contributed by atoms with Crippen molar-refractivity contribution in [1.82, 2.24) is 0 Å². The first-order valence-corrected chi connectivity index (χ1v) is 22.4. The van der Waals surface area contributed by atoms with E-state index in [4.69, 9.17) is 17.2 Å². The third-order valence-corrected chi connectivity index (χ3v) is 10.9. The Bertz CT molecular complexity index is 753. The SMILES string of the molecule is CCCCCCCCCCC=C(N)C(CC=CCCCCCN)(CCCCCCCCC)C(N)=CCCCCCCCCCCCCCC. The lowest BCUT2D eigenvalue weighted by Crippen LogP contribution is -2.34. The van der Waals surface area contributed by atoms with Gasteiger partial charge in [-0.25, -0.2) is 0 Å². The van der Waals surface area contributed by atoms with Crippen molar-refractivity contribution in [2.24, 2.45) is 22.6 Å². The van der Waals surface area contributed by atoms with E-state index in [0.29, 0.717) is 0 Å². The van der Waals surface area contributed by atoms with Gasteiger partial charge in [0.25, 0.3) is 0 Å². The third kappa shape index (κ3) is 29.1. The molecule has 1 unspecified atom stereocenters. The zero-order valence-corrected chi connectivity index (χ0v) is 34.0. The number of allylic oxidation sites excluding steroid dienone is 4. The van der Waals surface area contributed by atoms with Crippen LogP contribution in [-0.2, 0) is 0 Å². The molecule has 0 aromatic rings. The molecule has 0 saturated carbocycles. The fourth-order valence-corrected chi connectivity index (χ4v) is 7.33. The Kier molecular flexibility index (Phi) is 37.1. The smallest absolute Gasteiger partial charge is 0.0520 e. The van der Waals surface area contributed by atoms with Gasteiger partial charge in [0.2, 0.25) is 0 Å². The summed E-state index contributed by atoms with van der Waals surface area (Å²) < 4.78 is 0. The van der Waals surface area contributed by atoms with Gasteiger partial charge in [-0.05, 0) is 64.3 Å². The van der Waals surface area contributed by atoms with Crippen molar-refractivity contribution in [2.45, 2.75) is 245 Å². The number of nitrogens with two attached hydrogens (primary N) is 3. The lowest BCUT2D eigenvalue weighted by atomic mass is 9.73. The highest BCUT2D eigenvalue weighted by molar-refractivity contribution is 5.28. The highest BCUT2D eigenvalue weighted by atomic mass is 14.7. The van der Waals surface area contributed by atoms with E-state index in [1.54, 1.807) is 0 Å². The van der Waals surface area contributed by atoms with E-state index in [1.165, 1.54) is 186 Å². The van der Waals surface area contributed by atoms with Crippen molar-refractivity contribution in [3.05, 3.63) is 35.7 Å². The maximum absolute atomic E-state index is 7.16. The van der Waals surface area contributed by atoms with Gasteiger partial charge in [-0.1, -0.05) is 212 Å². The molecule has 0 fully saturated rings. The normalized spacial score (nSPS) is 13.9. The standard InChI is InChI=1S/C46H91N3/c1-4-7-10-13-16-18-19-20-21-23-25-30-35-40-45(49)46(41-36-31-26-15-12-9-6-3,42-37-32-27-28-33-38-43-47)44(48)39-34-29-24-22-17-14-11-8-5-2/h32,37,39-40H,4-31,33-36,38,41-43,47-49H2,1-3H3. The lowest BCUT2D eigenvalue weighted by molar-refractivity contribution is 0.364. The zero-order valence-electron chi connectivity index (χ0n) is 34.0. The highest BCUT2D eigenvalue weighted by Gasteiger charge is 2.34. The second kappa shape index (κ2) is 38.0. The molecule has 6 N–H and O–H groups in total. The van der Waals surface area contributed by atoms with Crippen molar-refractivity contribution in [3.8, 4) is 0 Å². The highest BCUT2D eigenvalue weighted by Crippen LogP contribution is 2.41. The summed E-state index contributed by atoms with van der Waals surface area (Å²) in [5.74, 6) is 0. The van der Waals surface area contributed by atoms with Gasteiger partial charge in [-0.2, -0.15) is 0 Å².